The minimum Gasteiger partial charge on any atom is -0.436 e. The van der Waals surface area contributed by atoms with E-state index in [1.54, 1.807) is 26.8 Å². The van der Waals surface area contributed by atoms with Gasteiger partial charge >= 0.3 is 23.9 Å². The molecule has 0 radical (unpaired) electrons. The lowest BCUT2D eigenvalue weighted by atomic mass is 9.79. The number of fused-ring (bicyclic) bond motifs is 4. The maximum absolute atomic E-state index is 14.1. The molecule has 0 saturated carbocycles. The zero-order valence-corrected chi connectivity index (χ0v) is 55.0. The van der Waals surface area contributed by atoms with Gasteiger partial charge in [-0.3, -0.25) is 24.4 Å². The molecule has 7 aliphatic heterocycles. The first-order valence-electron chi connectivity index (χ1n) is 34.4. The van der Waals surface area contributed by atoms with Gasteiger partial charge in [-0.05, 0) is 201 Å². The lowest BCUT2D eigenvalue weighted by molar-refractivity contribution is -0.143. The van der Waals surface area contributed by atoms with Crippen LogP contribution in [0.3, 0.4) is 0 Å². The molecule has 4 aromatic carbocycles. The van der Waals surface area contributed by atoms with Gasteiger partial charge in [-0.25, -0.2) is 19.2 Å². The number of benzene rings is 4. The first kappa shape index (κ1) is 64.2. The summed E-state index contributed by atoms with van der Waals surface area (Å²) >= 11 is 0. The highest BCUT2D eigenvalue weighted by molar-refractivity contribution is 5.94. The number of hydrogen-bond donors (Lipinski definition) is 5. The van der Waals surface area contributed by atoms with E-state index in [9.17, 15) is 28.8 Å². The smallest absolute Gasteiger partial charge is 0.410 e. The number of imidazole rings is 1. The van der Waals surface area contributed by atoms with Crippen LogP contribution in [-0.2, 0) is 37.4 Å². The average Bonchev–Trinajstić information content (AvgIpc) is 1.04. The molecule has 94 heavy (non-hydrogen) atoms. The van der Waals surface area contributed by atoms with Crippen molar-refractivity contribution in [3.05, 3.63) is 136 Å². The molecule has 0 bridgehead atoms. The first-order chi connectivity index (χ1) is 45.6. The molecule has 14 rings (SSSR count). The number of anilines is 1. The van der Waals surface area contributed by atoms with Crippen LogP contribution in [0.1, 0.15) is 111 Å². The Morgan fingerprint density at radius 1 is 0.553 bits per heavy atom. The van der Waals surface area contributed by atoms with Crippen LogP contribution in [0, 0.1) is 37.5 Å². The molecule has 1 spiro atoms. The Kier molecular flexibility index (Phi) is 19.3. The van der Waals surface area contributed by atoms with Crippen LogP contribution in [-0.4, -0.2) is 194 Å². The molecule has 498 valence electrons. The summed E-state index contributed by atoms with van der Waals surface area (Å²) in [5.41, 5.74) is 8.76. The van der Waals surface area contributed by atoms with Gasteiger partial charge in [-0.1, -0.05) is 60.7 Å². The number of aryl methyl sites for hydroxylation is 2. The topological polar surface area (TPSA) is 242 Å². The molecule has 10 heterocycles. The fourth-order valence-corrected chi connectivity index (χ4v) is 16.3. The third-order valence-electron chi connectivity index (χ3n) is 21.9. The van der Waals surface area contributed by atoms with E-state index in [4.69, 9.17) is 9.47 Å². The molecule has 3 aromatic heterocycles. The van der Waals surface area contributed by atoms with Crippen molar-refractivity contribution in [1.29, 1.82) is 0 Å². The van der Waals surface area contributed by atoms with Crippen molar-refractivity contribution in [2.24, 2.45) is 23.7 Å². The van der Waals surface area contributed by atoms with Crippen molar-refractivity contribution in [3.63, 3.8) is 0 Å². The second kappa shape index (κ2) is 28.2. The number of likely N-dealkylation sites (tertiary alicyclic amines) is 6. The van der Waals surface area contributed by atoms with Crippen LogP contribution in [0.25, 0.3) is 33.1 Å². The predicted octanol–water partition coefficient (Wildman–Crippen LogP) is 9.62. The van der Waals surface area contributed by atoms with Gasteiger partial charge in [0.05, 0.1) is 34.7 Å². The van der Waals surface area contributed by atoms with Crippen molar-refractivity contribution in [2.45, 2.75) is 128 Å². The van der Waals surface area contributed by atoms with Gasteiger partial charge in [0, 0.05) is 99.5 Å². The fraction of sp³-hybridized carbons (Fsp3) is 0.528. The third kappa shape index (κ3) is 14.3. The standard InChI is InChI=1S/C37H47N7O4.C35H45N7O4/c1-25-20-26(21-30-23-38-40-34(25)30)22-33(35(45)42-16-10-28(11-17-42)27-8-14-41(2)15-9-27)48-37(47)43-18-12-31(13-19-43)44-24-32(39-36(44)46)29-6-4-3-5-7-29;1-23-19-24(20-27-22-36-39-31(23)27)21-30(32(43)41-15-9-26(10-16-41)25-7-13-40(2)14-8-25)46-34(45)42-17-11-35(12-18-42)28-5-3-4-6-29(28)37-33(44)38-35/h3-7,20-21,23-24,27-28,31,33H,8-19,22H2,1-2H3,(H,38,40)(H,39,46);3-6,19-20,22,25-26,30H,7-18,21H2,1-2H3,(H,36,39)(H2,37,38,44). The Morgan fingerprint density at radius 2 is 1.00 bits per heavy atom. The quantitative estimate of drug-likeness (QED) is 0.0768. The van der Waals surface area contributed by atoms with Crippen molar-refractivity contribution in [1.82, 2.24) is 64.7 Å². The summed E-state index contributed by atoms with van der Waals surface area (Å²) in [7, 11) is 4.38. The van der Waals surface area contributed by atoms with Crippen LogP contribution in [0.2, 0.25) is 0 Å². The zero-order valence-electron chi connectivity index (χ0n) is 55.0. The molecule has 5 N–H and O–H groups in total. The number of ether oxygens (including phenoxy) is 2. The predicted molar refractivity (Wildman–Crippen MR) is 360 cm³/mol. The van der Waals surface area contributed by atoms with E-state index in [1.165, 1.54) is 25.7 Å². The molecule has 7 aromatic rings. The first-order valence-corrected chi connectivity index (χ1v) is 34.4. The van der Waals surface area contributed by atoms with E-state index in [0.29, 0.717) is 103 Å². The Balaban J connectivity index is 0.000000171. The fourth-order valence-electron chi connectivity index (χ4n) is 16.3. The summed E-state index contributed by atoms with van der Waals surface area (Å²) in [6.07, 6.45) is 14.5. The zero-order chi connectivity index (χ0) is 65.0. The normalized spacial score (nSPS) is 20.5. The number of nitrogens with one attached hydrogen (secondary N) is 5. The molecule has 6 amide bonds. The highest BCUT2D eigenvalue weighted by atomic mass is 16.6. The van der Waals surface area contributed by atoms with Crippen molar-refractivity contribution in [3.8, 4) is 11.3 Å². The van der Waals surface area contributed by atoms with E-state index >= 15 is 0 Å². The number of rotatable bonds is 12. The van der Waals surface area contributed by atoms with Gasteiger partial charge < -0.3 is 54.5 Å². The van der Waals surface area contributed by atoms with Crippen LogP contribution < -0.4 is 16.3 Å². The summed E-state index contributed by atoms with van der Waals surface area (Å²) < 4.78 is 14.0. The van der Waals surface area contributed by atoms with Gasteiger partial charge in [0.25, 0.3) is 11.8 Å². The van der Waals surface area contributed by atoms with Crippen LogP contribution in [0.15, 0.2) is 102 Å². The second-order valence-corrected chi connectivity index (χ2v) is 27.9. The minimum atomic E-state index is -0.925. The van der Waals surface area contributed by atoms with Crippen molar-refractivity contribution in [2.75, 3.05) is 97.9 Å². The summed E-state index contributed by atoms with van der Waals surface area (Å²) in [5, 5.41) is 22.4. The van der Waals surface area contributed by atoms with Gasteiger partial charge in [0.15, 0.2) is 12.2 Å². The second-order valence-electron chi connectivity index (χ2n) is 27.9. The van der Waals surface area contributed by atoms with E-state index in [-0.39, 0.29) is 29.6 Å². The van der Waals surface area contributed by atoms with Gasteiger partial charge in [0.2, 0.25) is 0 Å². The Morgan fingerprint density at radius 3 is 1.50 bits per heavy atom. The monoisotopic (exact) mass is 1280 g/mol. The highest BCUT2D eigenvalue weighted by Crippen LogP contribution is 2.41. The number of amides is 6. The van der Waals surface area contributed by atoms with Crippen molar-refractivity contribution >= 4 is 57.5 Å². The molecular formula is C72H92N14O8. The molecule has 7 aliphatic rings. The summed E-state index contributed by atoms with van der Waals surface area (Å²) in [6.45, 7) is 13.1. The minimum absolute atomic E-state index is 0.0248. The van der Waals surface area contributed by atoms with E-state index in [0.717, 1.165) is 130 Å². The molecule has 2 atom stereocenters. The number of aromatic amines is 3. The van der Waals surface area contributed by atoms with Gasteiger partial charge in [0.1, 0.15) is 0 Å². The summed E-state index contributed by atoms with van der Waals surface area (Å²) in [6, 6.07) is 25.5. The van der Waals surface area contributed by atoms with Gasteiger partial charge in [-0.2, -0.15) is 10.2 Å². The average molecular weight is 1280 g/mol. The van der Waals surface area contributed by atoms with Crippen molar-refractivity contribution < 1.29 is 33.4 Å². The number of carbonyl (C=O) groups is 5. The molecule has 0 aliphatic carbocycles. The number of carbonyl (C=O) groups excluding carboxylic acids is 5. The number of H-pyrrole nitrogens is 3. The SMILES string of the molecule is Cc1cc(CC(OC(=O)N2CCC(n3cc(-c4ccccc4)[nH]c3=O)CC2)C(=O)N2CCC(C3CCN(C)CC3)CC2)cc2cn[nH]c12.Cc1cc(CC(OC(=O)N2CCC3(CC2)NC(=O)Nc2ccccc23)C(=O)N2CCC(C3CCN(C)CC3)CC2)cc2cn[nH]c12. The summed E-state index contributed by atoms with van der Waals surface area (Å²) in [5.74, 6) is 2.52. The lowest BCUT2D eigenvalue weighted by Crippen LogP contribution is -2.58. The van der Waals surface area contributed by atoms with Gasteiger partial charge in [-0.15, -0.1) is 0 Å². The van der Waals surface area contributed by atoms with Crippen LogP contribution >= 0.6 is 0 Å². The lowest BCUT2D eigenvalue weighted by Gasteiger charge is -2.45. The molecule has 6 fully saturated rings. The van der Waals surface area contributed by atoms with Crippen LogP contribution in [0.5, 0.6) is 0 Å². The largest absolute Gasteiger partial charge is 0.436 e. The Hall–Kier alpha value is -8.50. The Bertz CT molecular complexity index is 3870. The number of piperidine rings is 6. The maximum Gasteiger partial charge on any atom is 0.410 e. The molecule has 2 unspecified atom stereocenters. The molecule has 6 saturated heterocycles. The maximum atomic E-state index is 14.1. The molecular weight excluding hydrogens is 1190 g/mol. The number of nitrogens with zero attached hydrogens (tertiary/aromatic N) is 9. The molecule has 22 heteroatoms. The Labute approximate surface area is 549 Å². The highest BCUT2D eigenvalue weighted by Gasteiger charge is 2.44. The third-order valence-corrected chi connectivity index (χ3v) is 21.9. The molecule has 22 nitrogen and oxygen atoms in total. The number of para-hydroxylation sites is 1. The van der Waals surface area contributed by atoms with Crippen LogP contribution in [0.4, 0.5) is 20.1 Å². The number of urea groups is 1. The van der Waals surface area contributed by atoms with E-state index in [1.807, 2.05) is 109 Å². The van der Waals surface area contributed by atoms with E-state index < -0.39 is 29.9 Å². The number of aromatic nitrogens is 6. The number of hydrogen-bond acceptors (Lipinski definition) is 12. The summed E-state index contributed by atoms with van der Waals surface area (Å²) in [4.78, 5) is 95.9. The van der Waals surface area contributed by atoms with E-state index in [2.05, 4.69) is 59.9 Å².